The van der Waals surface area contributed by atoms with Gasteiger partial charge in [0.15, 0.2) is 6.29 Å². The molecule has 2 N–H and O–H groups in total. The van der Waals surface area contributed by atoms with Crippen LogP contribution in [-0.4, -0.2) is 69.1 Å². The monoisotopic (exact) mass is 462 g/mol. The van der Waals surface area contributed by atoms with Crippen LogP contribution in [0.2, 0.25) is 0 Å². The molecule has 3 aliphatic heterocycles. The van der Waals surface area contributed by atoms with Crippen LogP contribution in [0.3, 0.4) is 0 Å². The van der Waals surface area contributed by atoms with Gasteiger partial charge in [-0.3, -0.25) is 9.69 Å². The maximum absolute atomic E-state index is 13.4. The Balaban J connectivity index is 1.44. The molecule has 178 valence electrons. The van der Waals surface area contributed by atoms with E-state index in [1.54, 1.807) is 11.5 Å². The molecule has 1 unspecified atom stereocenters. The molecule has 6 rings (SSSR count). The number of pyridine rings is 2. The molecule has 8 heteroatoms. The molecule has 1 fully saturated rings. The van der Waals surface area contributed by atoms with E-state index >= 15 is 0 Å². The van der Waals surface area contributed by atoms with Crippen LogP contribution in [0.5, 0.6) is 0 Å². The van der Waals surface area contributed by atoms with E-state index in [4.69, 9.17) is 9.72 Å². The quantitative estimate of drug-likeness (QED) is 0.478. The van der Waals surface area contributed by atoms with Crippen LogP contribution >= 0.6 is 0 Å². The molecule has 0 saturated carbocycles. The number of aliphatic hydroxyl groups excluding tert-OH is 1. The minimum Gasteiger partial charge on any atom is -0.380 e. The van der Waals surface area contributed by atoms with Crippen molar-refractivity contribution in [2.75, 3.05) is 33.2 Å². The third-order valence-electron chi connectivity index (χ3n) is 7.79. The second-order valence-corrected chi connectivity index (χ2v) is 9.81. The largest absolute Gasteiger partial charge is 0.380 e. The van der Waals surface area contributed by atoms with Crippen molar-refractivity contribution in [2.24, 2.45) is 0 Å². The predicted molar refractivity (Wildman–Crippen MR) is 128 cm³/mol. The Morgan fingerprint density at radius 3 is 2.76 bits per heavy atom. The van der Waals surface area contributed by atoms with Gasteiger partial charge in [-0.1, -0.05) is 19.1 Å². The van der Waals surface area contributed by atoms with E-state index in [-0.39, 0.29) is 18.6 Å². The summed E-state index contributed by atoms with van der Waals surface area (Å²) >= 11 is 0. The van der Waals surface area contributed by atoms with E-state index in [0.29, 0.717) is 23.4 Å². The first-order valence-electron chi connectivity index (χ1n) is 12.0. The highest BCUT2D eigenvalue weighted by Gasteiger charge is 2.44. The molecule has 0 amide bonds. The van der Waals surface area contributed by atoms with Crippen LogP contribution in [0.15, 0.2) is 35.1 Å². The number of ether oxygens (including phenoxy) is 1. The molecule has 0 bridgehead atoms. The normalized spacial score (nSPS) is 24.8. The molecule has 3 aromatic rings. The highest BCUT2D eigenvalue weighted by atomic mass is 16.6. The first-order valence-corrected chi connectivity index (χ1v) is 12.0. The summed E-state index contributed by atoms with van der Waals surface area (Å²) in [6.07, 6.45) is -1.13. The minimum atomic E-state index is -1.61. The highest BCUT2D eigenvalue weighted by molar-refractivity contribution is 5.86. The second kappa shape index (κ2) is 7.96. The number of aliphatic hydroxyl groups is 2. The van der Waals surface area contributed by atoms with Gasteiger partial charge in [-0.05, 0) is 37.2 Å². The van der Waals surface area contributed by atoms with Crippen LogP contribution < -0.4 is 5.56 Å². The van der Waals surface area contributed by atoms with Gasteiger partial charge in [0.25, 0.3) is 5.56 Å². The zero-order chi connectivity index (χ0) is 23.6. The summed E-state index contributed by atoms with van der Waals surface area (Å²) in [4.78, 5) is 23.2. The minimum absolute atomic E-state index is 0.0150. The third-order valence-corrected chi connectivity index (χ3v) is 7.79. The maximum atomic E-state index is 13.4. The first kappa shape index (κ1) is 21.9. The SMILES string of the molecule is CC[C@]1(O)c2cc3n(c(=O)c2COC1O)Cc1cc2c(CN4CCN(C)CC4)cccc2nc1-3. The van der Waals surface area contributed by atoms with Crippen molar-refractivity contribution < 1.29 is 14.9 Å². The molecular weight excluding hydrogens is 432 g/mol. The number of nitrogens with zero attached hydrogens (tertiary/aromatic N) is 4. The second-order valence-electron chi connectivity index (χ2n) is 9.81. The molecule has 34 heavy (non-hydrogen) atoms. The van der Waals surface area contributed by atoms with Crippen molar-refractivity contribution in [1.82, 2.24) is 19.4 Å². The highest BCUT2D eigenvalue weighted by Crippen LogP contribution is 2.40. The molecule has 3 aliphatic rings. The Bertz CT molecular complexity index is 1340. The Labute approximate surface area is 198 Å². The van der Waals surface area contributed by atoms with Crippen LogP contribution in [-0.2, 0) is 30.0 Å². The topological polar surface area (TPSA) is 91.1 Å². The number of fused-ring (bicyclic) bond motifs is 5. The summed E-state index contributed by atoms with van der Waals surface area (Å²) in [5, 5.41) is 22.6. The lowest BCUT2D eigenvalue weighted by Gasteiger charge is -2.37. The number of rotatable bonds is 3. The zero-order valence-corrected chi connectivity index (χ0v) is 19.6. The van der Waals surface area contributed by atoms with Gasteiger partial charge in [0.2, 0.25) is 0 Å². The van der Waals surface area contributed by atoms with E-state index < -0.39 is 11.9 Å². The summed E-state index contributed by atoms with van der Waals surface area (Å²) in [5.74, 6) is 0. The summed E-state index contributed by atoms with van der Waals surface area (Å²) in [6.45, 7) is 7.32. The molecule has 0 radical (unpaired) electrons. The van der Waals surface area contributed by atoms with E-state index in [1.165, 1.54) is 5.56 Å². The van der Waals surface area contributed by atoms with Gasteiger partial charge in [0.1, 0.15) is 5.60 Å². The van der Waals surface area contributed by atoms with Crippen molar-refractivity contribution >= 4 is 10.9 Å². The lowest BCUT2D eigenvalue weighted by Crippen LogP contribution is -2.47. The van der Waals surface area contributed by atoms with Gasteiger partial charge in [0.05, 0.1) is 30.1 Å². The fourth-order valence-corrected chi connectivity index (χ4v) is 5.56. The maximum Gasteiger partial charge on any atom is 0.257 e. The van der Waals surface area contributed by atoms with Gasteiger partial charge < -0.3 is 24.4 Å². The van der Waals surface area contributed by atoms with Gasteiger partial charge in [-0.15, -0.1) is 0 Å². The molecule has 1 aromatic carbocycles. The van der Waals surface area contributed by atoms with Crippen LogP contribution in [0.1, 0.15) is 35.6 Å². The lowest BCUT2D eigenvalue weighted by molar-refractivity contribution is -0.236. The summed E-state index contributed by atoms with van der Waals surface area (Å²) in [5.41, 5.74) is 3.66. The molecular formula is C26H30N4O4. The number of aromatic nitrogens is 2. The fraction of sp³-hybridized carbons (Fsp3) is 0.462. The Morgan fingerprint density at radius 2 is 2.00 bits per heavy atom. The number of likely N-dealkylation sites (N-methyl/N-ethyl adjacent to an activating group) is 1. The molecule has 0 aliphatic carbocycles. The molecule has 1 saturated heterocycles. The van der Waals surface area contributed by atoms with Gasteiger partial charge in [-0.25, -0.2) is 4.98 Å². The zero-order valence-electron chi connectivity index (χ0n) is 19.6. The van der Waals surface area contributed by atoms with Crippen molar-refractivity contribution in [2.45, 2.75) is 44.9 Å². The number of hydrogen-bond donors (Lipinski definition) is 2. The third kappa shape index (κ3) is 3.25. The molecule has 2 atom stereocenters. The van der Waals surface area contributed by atoms with E-state index in [2.05, 4.69) is 29.0 Å². The number of hydrogen-bond acceptors (Lipinski definition) is 7. The van der Waals surface area contributed by atoms with Gasteiger partial charge in [0, 0.05) is 54.8 Å². The van der Waals surface area contributed by atoms with Crippen LogP contribution in [0, 0.1) is 0 Å². The van der Waals surface area contributed by atoms with Crippen molar-refractivity contribution in [3.8, 4) is 11.4 Å². The molecule has 8 nitrogen and oxygen atoms in total. The number of piperazine rings is 1. The van der Waals surface area contributed by atoms with Gasteiger partial charge in [-0.2, -0.15) is 0 Å². The lowest BCUT2D eigenvalue weighted by atomic mass is 9.85. The van der Waals surface area contributed by atoms with Gasteiger partial charge >= 0.3 is 0 Å². The smallest absolute Gasteiger partial charge is 0.257 e. The van der Waals surface area contributed by atoms with Crippen LogP contribution in [0.4, 0.5) is 0 Å². The molecule has 2 aromatic heterocycles. The van der Waals surface area contributed by atoms with E-state index in [0.717, 1.165) is 54.9 Å². The van der Waals surface area contributed by atoms with E-state index in [9.17, 15) is 15.0 Å². The molecule has 5 heterocycles. The summed E-state index contributed by atoms with van der Waals surface area (Å²) in [7, 11) is 2.16. The van der Waals surface area contributed by atoms with Crippen molar-refractivity contribution in [3.63, 3.8) is 0 Å². The Kier molecular flexibility index (Phi) is 5.13. The standard InChI is InChI=1S/C26H30N4O4/c1-3-26(33)20-12-22-23-17(14-30(22)24(31)19(20)15-34-25(26)32)11-18-16(5-4-6-21(18)27-23)13-29-9-7-28(2)8-10-29/h4-6,11-12,25,32-33H,3,7-10,13-15H2,1-2H3/t25?,26-/m0/s1. The van der Waals surface area contributed by atoms with Crippen molar-refractivity contribution in [1.29, 1.82) is 0 Å². The average molecular weight is 463 g/mol. The number of benzene rings is 1. The Hall–Kier alpha value is -2.62. The van der Waals surface area contributed by atoms with Crippen molar-refractivity contribution in [3.05, 3.63) is 62.9 Å². The Morgan fingerprint density at radius 1 is 1.21 bits per heavy atom. The average Bonchev–Trinajstić information content (AvgIpc) is 3.20. The molecule has 0 spiro atoms. The predicted octanol–water partition coefficient (Wildman–Crippen LogP) is 1.62. The first-order chi connectivity index (χ1) is 16.4. The summed E-state index contributed by atoms with van der Waals surface area (Å²) in [6, 6.07) is 10.2. The van der Waals surface area contributed by atoms with Crippen LogP contribution in [0.25, 0.3) is 22.3 Å². The summed E-state index contributed by atoms with van der Waals surface area (Å²) < 4.78 is 7.07. The van der Waals surface area contributed by atoms with E-state index in [1.807, 2.05) is 18.2 Å². The fourth-order valence-electron chi connectivity index (χ4n) is 5.56.